The van der Waals surface area contributed by atoms with Crippen molar-refractivity contribution in [2.75, 3.05) is 30.3 Å². The molecule has 0 aliphatic carbocycles. The largest absolute Gasteiger partial charge is 0.417 e. The van der Waals surface area contributed by atoms with Crippen LogP contribution in [-0.2, 0) is 11.0 Å². The number of fused-ring (bicyclic) bond motifs is 3. The Balaban J connectivity index is 1.88. The first kappa shape index (κ1) is 16.2. The van der Waals surface area contributed by atoms with Gasteiger partial charge in [-0.05, 0) is 18.6 Å². The molecule has 1 unspecified atom stereocenters. The second-order valence-corrected chi connectivity index (χ2v) is 6.65. The minimum atomic E-state index is -4.39. The molecule has 124 valence electrons. The zero-order valence-electron chi connectivity index (χ0n) is 12.3. The van der Waals surface area contributed by atoms with Crippen molar-refractivity contribution in [2.24, 2.45) is 0 Å². The molecule has 23 heavy (non-hydrogen) atoms. The number of hydrogen-bond donors (Lipinski definition) is 0. The predicted octanol–water partition coefficient (Wildman–Crippen LogP) is 2.80. The molecule has 1 aromatic heterocycles. The molecule has 3 rings (SSSR count). The summed E-state index contributed by atoms with van der Waals surface area (Å²) >= 11 is 1.39. The van der Waals surface area contributed by atoms with E-state index < -0.39 is 11.7 Å². The highest BCUT2D eigenvalue weighted by molar-refractivity contribution is 7.99. The lowest BCUT2D eigenvalue weighted by Gasteiger charge is -2.41. The van der Waals surface area contributed by atoms with Gasteiger partial charge < -0.3 is 9.80 Å². The third-order valence-electron chi connectivity index (χ3n) is 4.11. The topological polar surface area (TPSA) is 36.4 Å². The molecule has 2 aliphatic heterocycles. The van der Waals surface area contributed by atoms with Crippen molar-refractivity contribution in [2.45, 2.75) is 23.5 Å². The highest BCUT2D eigenvalue weighted by atomic mass is 32.2. The summed E-state index contributed by atoms with van der Waals surface area (Å²) in [6.07, 6.45) is -1.40. The number of amides is 1. The quantitative estimate of drug-likeness (QED) is 0.735. The van der Waals surface area contributed by atoms with Gasteiger partial charge in [0.2, 0.25) is 5.91 Å². The van der Waals surface area contributed by atoms with E-state index in [0.29, 0.717) is 36.1 Å². The fraction of sp³-hybridized carbons (Fsp3) is 0.467. The summed E-state index contributed by atoms with van der Waals surface area (Å²) in [6.45, 7) is 5.14. The van der Waals surface area contributed by atoms with Gasteiger partial charge in [-0.25, -0.2) is 4.98 Å². The number of halogens is 3. The lowest BCUT2D eigenvalue weighted by atomic mass is 10.1. The number of carbonyl (C=O) groups is 1. The van der Waals surface area contributed by atoms with Crippen LogP contribution in [0, 0.1) is 0 Å². The van der Waals surface area contributed by atoms with Crippen molar-refractivity contribution in [3.63, 3.8) is 0 Å². The summed E-state index contributed by atoms with van der Waals surface area (Å²) in [5.41, 5.74) is -0.720. The molecule has 0 saturated carbocycles. The zero-order chi connectivity index (χ0) is 16.6. The molecule has 1 aromatic rings. The molecule has 1 atom stereocenters. The molecule has 8 heteroatoms. The normalized spacial score (nSPS) is 21.3. The maximum atomic E-state index is 12.9. The number of pyridine rings is 1. The molecule has 2 aliphatic rings. The van der Waals surface area contributed by atoms with E-state index in [0.717, 1.165) is 12.6 Å². The third kappa shape index (κ3) is 3.17. The van der Waals surface area contributed by atoms with E-state index in [1.807, 2.05) is 4.90 Å². The fourth-order valence-electron chi connectivity index (χ4n) is 2.93. The first-order chi connectivity index (χ1) is 10.9. The Bertz CT molecular complexity index is 635. The van der Waals surface area contributed by atoms with Gasteiger partial charge in [0, 0.05) is 37.6 Å². The maximum absolute atomic E-state index is 12.9. The first-order valence-corrected chi connectivity index (χ1v) is 8.26. The van der Waals surface area contributed by atoms with Crippen LogP contribution in [0.25, 0.3) is 0 Å². The van der Waals surface area contributed by atoms with E-state index >= 15 is 0 Å². The number of piperazine rings is 1. The summed E-state index contributed by atoms with van der Waals surface area (Å²) in [5, 5.41) is 0. The van der Waals surface area contributed by atoms with Crippen molar-refractivity contribution in [3.05, 3.63) is 30.5 Å². The Morgan fingerprint density at radius 1 is 1.43 bits per heavy atom. The van der Waals surface area contributed by atoms with Gasteiger partial charge >= 0.3 is 6.18 Å². The van der Waals surface area contributed by atoms with Crippen molar-refractivity contribution in [1.29, 1.82) is 0 Å². The molecule has 0 radical (unpaired) electrons. The zero-order valence-corrected chi connectivity index (χ0v) is 13.2. The minimum absolute atomic E-state index is 0.0747. The Labute approximate surface area is 136 Å². The summed E-state index contributed by atoms with van der Waals surface area (Å²) in [5.74, 6) is 1.19. The molecule has 0 aromatic carbocycles. The Hall–Kier alpha value is -1.70. The smallest absolute Gasteiger partial charge is 0.349 e. The molecular weight excluding hydrogens is 327 g/mol. The van der Waals surface area contributed by atoms with Crippen molar-refractivity contribution in [1.82, 2.24) is 9.88 Å². The number of nitrogens with zero attached hydrogens (tertiary/aromatic N) is 3. The van der Waals surface area contributed by atoms with Crippen LogP contribution in [0.1, 0.15) is 12.0 Å². The number of rotatable bonds is 1. The van der Waals surface area contributed by atoms with Crippen LogP contribution in [0.2, 0.25) is 0 Å². The first-order valence-electron chi connectivity index (χ1n) is 7.28. The van der Waals surface area contributed by atoms with Crippen LogP contribution >= 0.6 is 11.8 Å². The number of carbonyl (C=O) groups excluding carboxylic acids is 1. The minimum Gasteiger partial charge on any atom is -0.349 e. The lowest BCUT2D eigenvalue weighted by molar-refractivity contribution is -0.138. The van der Waals surface area contributed by atoms with E-state index in [9.17, 15) is 18.0 Å². The van der Waals surface area contributed by atoms with Crippen molar-refractivity contribution in [3.8, 4) is 0 Å². The van der Waals surface area contributed by atoms with Gasteiger partial charge in [-0.15, -0.1) is 11.8 Å². The van der Waals surface area contributed by atoms with Gasteiger partial charge in [0.1, 0.15) is 5.82 Å². The van der Waals surface area contributed by atoms with E-state index in [1.165, 1.54) is 23.9 Å². The van der Waals surface area contributed by atoms with Gasteiger partial charge in [0.25, 0.3) is 0 Å². The summed E-state index contributed by atoms with van der Waals surface area (Å²) in [4.78, 5) is 20.2. The Morgan fingerprint density at radius 2 is 2.22 bits per heavy atom. The monoisotopic (exact) mass is 343 g/mol. The average molecular weight is 343 g/mol. The summed E-state index contributed by atoms with van der Waals surface area (Å²) in [6, 6.07) is 1.25. The highest BCUT2D eigenvalue weighted by Gasteiger charge is 2.36. The molecule has 0 spiro atoms. The van der Waals surface area contributed by atoms with Gasteiger partial charge in [-0.3, -0.25) is 4.79 Å². The van der Waals surface area contributed by atoms with Gasteiger partial charge in [0.05, 0.1) is 10.5 Å². The van der Waals surface area contributed by atoms with E-state index in [2.05, 4.69) is 11.6 Å². The maximum Gasteiger partial charge on any atom is 0.417 e. The molecule has 1 fully saturated rings. The van der Waals surface area contributed by atoms with Crippen LogP contribution in [0.5, 0.6) is 0 Å². The third-order valence-corrected chi connectivity index (χ3v) is 5.16. The second-order valence-electron chi connectivity index (χ2n) is 5.52. The van der Waals surface area contributed by atoms with Gasteiger partial charge in [-0.1, -0.05) is 6.58 Å². The highest BCUT2D eigenvalue weighted by Crippen LogP contribution is 2.39. The molecule has 0 bridgehead atoms. The molecule has 3 heterocycles. The number of hydrogen-bond acceptors (Lipinski definition) is 4. The number of alkyl halides is 3. The standard InChI is InChI=1S/C15H16F3N3OS/c1-2-13(22)20-4-5-21-11(9-20)3-6-23-12-7-10(15(16,17)18)8-19-14(12)21/h2,7-8,11H,1,3-6,9H2. The van der Waals surface area contributed by atoms with Crippen LogP contribution < -0.4 is 4.90 Å². The average Bonchev–Trinajstić information content (AvgIpc) is 2.71. The van der Waals surface area contributed by atoms with Gasteiger partial charge in [-0.2, -0.15) is 13.2 Å². The van der Waals surface area contributed by atoms with Crippen LogP contribution in [0.15, 0.2) is 29.8 Å². The predicted molar refractivity (Wildman–Crippen MR) is 82.5 cm³/mol. The number of aromatic nitrogens is 1. The van der Waals surface area contributed by atoms with E-state index in [-0.39, 0.29) is 11.9 Å². The molecule has 4 nitrogen and oxygen atoms in total. The van der Waals surface area contributed by atoms with Gasteiger partial charge in [0.15, 0.2) is 0 Å². The molecular formula is C15H16F3N3OS. The summed E-state index contributed by atoms with van der Waals surface area (Å²) in [7, 11) is 0. The Kier molecular flexibility index (Phi) is 4.27. The fourth-order valence-corrected chi connectivity index (χ4v) is 4.05. The van der Waals surface area contributed by atoms with Crippen LogP contribution in [0.4, 0.5) is 19.0 Å². The second kappa shape index (κ2) is 6.07. The SMILES string of the molecule is C=CC(=O)N1CCN2c3ncc(C(F)(F)F)cc3SCCC2C1. The summed E-state index contributed by atoms with van der Waals surface area (Å²) < 4.78 is 38.6. The lowest BCUT2D eigenvalue weighted by Crippen LogP contribution is -2.54. The number of anilines is 1. The van der Waals surface area contributed by atoms with Crippen LogP contribution in [0.3, 0.4) is 0 Å². The Morgan fingerprint density at radius 3 is 2.91 bits per heavy atom. The molecule has 1 amide bonds. The molecule has 0 N–H and O–H groups in total. The van der Waals surface area contributed by atoms with Crippen molar-refractivity contribution < 1.29 is 18.0 Å². The molecule has 1 saturated heterocycles. The van der Waals surface area contributed by atoms with E-state index in [1.54, 1.807) is 4.90 Å². The van der Waals surface area contributed by atoms with Crippen LogP contribution in [-0.4, -0.2) is 47.2 Å². The van der Waals surface area contributed by atoms with E-state index in [4.69, 9.17) is 0 Å². The number of thioether (sulfide) groups is 1. The van der Waals surface area contributed by atoms with Crippen molar-refractivity contribution >= 4 is 23.5 Å².